The number of amides is 1. The van der Waals surface area contributed by atoms with Gasteiger partial charge in [0.15, 0.2) is 0 Å². The molecule has 0 bridgehead atoms. The molecule has 1 unspecified atom stereocenters. The average molecular weight is 248 g/mol. The zero-order valence-electron chi connectivity index (χ0n) is 8.64. The third-order valence-corrected chi connectivity index (χ3v) is 3.66. The van der Waals surface area contributed by atoms with Gasteiger partial charge in [-0.05, 0) is 18.3 Å². The van der Waals surface area contributed by atoms with Crippen LogP contribution in [0.4, 0.5) is 0 Å². The number of hydrogen-bond donors (Lipinski definition) is 0. The van der Waals surface area contributed by atoms with E-state index in [2.05, 4.69) is 36.7 Å². The normalized spacial score (nSPS) is 24.2. The van der Waals surface area contributed by atoms with Crippen molar-refractivity contribution in [2.75, 3.05) is 13.1 Å². The lowest BCUT2D eigenvalue weighted by molar-refractivity contribution is -0.128. The summed E-state index contributed by atoms with van der Waals surface area (Å²) < 4.78 is 0. The van der Waals surface area contributed by atoms with E-state index in [4.69, 9.17) is 0 Å². The van der Waals surface area contributed by atoms with Crippen LogP contribution in [0, 0.1) is 5.41 Å². The Labute approximate surface area is 88.8 Å². The van der Waals surface area contributed by atoms with Gasteiger partial charge in [0.25, 0.3) is 0 Å². The van der Waals surface area contributed by atoms with Crippen LogP contribution < -0.4 is 0 Å². The summed E-state index contributed by atoms with van der Waals surface area (Å²) >= 11 is 3.38. The maximum atomic E-state index is 11.6. The van der Waals surface area contributed by atoms with Crippen molar-refractivity contribution < 1.29 is 4.79 Å². The molecule has 1 aliphatic rings. The Hall–Kier alpha value is -0.0500. The average Bonchev–Trinajstić information content (AvgIpc) is 2.36. The van der Waals surface area contributed by atoms with Crippen molar-refractivity contribution in [1.82, 2.24) is 4.90 Å². The van der Waals surface area contributed by atoms with Gasteiger partial charge in [-0.1, -0.05) is 36.7 Å². The van der Waals surface area contributed by atoms with Gasteiger partial charge in [-0.15, -0.1) is 0 Å². The van der Waals surface area contributed by atoms with Gasteiger partial charge in [-0.2, -0.15) is 0 Å². The summed E-state index contributed by atoms with van der Waals surface area (Å²) in [6.07, 6.45) is 2.07. The molecule has 1 amide bonds. The summed E-state index contributed by atoms with van der Waals surface area (Å²) in [4.78, 5) is 13.6. The molecule has 2 nitrogen and oxygen atoms in total. The van der Waals surface area contributed by atoms with Gasteiger partial charge in [-0.25, -0.2) is 0 Å². The summed E-state index contributed by atoms with van der Waals surface area (Å²) in [7, 11) is 0. The van der Waals surface area contributed by atoms with Gasteiger partial charge >= 0.3 is 0 Å². The van der Waals surface area contributed by atoms with Gasteiger partial charge in [0.2, 0.25) is 5.91 Å². The molecule has 1 atom stereocenters. The zero-order valence-corrected chi connectivity index (χ0v) is 10.2. The van der Waals surface area contributed by atoms with E-state index in [1.54, 1.807) is 0 Å². The standard InChI is InChI=1S/C10H18BrNO/c1-4-10(2,3)7-12-6-5-8(11)9(12)13/h8H,4-7H2,1-3H3. The van der Waals surface area contributed by atoms with E-state index in [9.17, 15) is 4.79 Å². The molecule has 0 saturated carbocycles. The van der Waals surface area contributed by atoms with Crippen molar-refractivity contribution in [2.45, 2.75) is 38.4 Å². The van der Waals surface area contributed by atoms with Crippen molar-refractivity contribution in [3.8, 4) is 0 Å². The number of carbonyl (C=O) groups excluding carboxylic acids is 1. The molecule has 1 rings (SSSR count). The first-order valence-corrected chi connectivity index (χ1v) is 5.81. The first-order chi connectivity index (χ1) is 5.96. The zero-order chi connectivity index (χ0) is 10.1. The van der Waals surface area contributed by atoms with E-state index in [1.165, 1.54) is 0 Å². The quantitative estimate of drug-likeness (QED) is 0.702. The van der Waals surface area contributed by atoms with Crippen molar-refractivity contribution in [3.05, 3.63) is 0 Å². The van der Waals surface area contributed by atoms with E-state index in [-0.39, 0.29) is 16.1 Å². The molecule has 0 radical (unpaired) electrons. The van der Waals surface area contributed by atoms with Gasteiger partial charge < -0.3 is 4.90 Å². The van der Waals surface area contributed by atoms with Gasteiger partial charge in [-0.3, -0.25) is 4.79 Å². The predicted molar refractivity (Wildman–Crippen MR) is 58.0 cm³/mol. The van der Waals surface area contributed by atoms with Crippen molar-refractivity contribution in [1.29, 1.82) is 0 Å². The van der Waals surface area contributed by atoms with Crippen molar-refractivity contribution in [3.63, 3.8) is 0 Å². The smallest absolute Gasteiger partial charge is 0.236 e. The SMILES string of the molecule is CCC(C)(C)CN1CCC(Br)C1=O. The van der Waals surface area contributed by atoms with E-state index in [0.29, 0.717) is 0 Å². The predicted octanol–water partition coefficient (Wildman–Crippen LogP) is 2.42. The number of carbonyl (C=O) groups is 1. The Bertz CT molecular complexity index is 203. The molecular weight excluding hydrogens is 230 g/mol. The molecule has 0 aliphatic carbocycles. The van der Waals surface area contributed by atoms with E-state index < -0.39 is 0 Å². The Morgan fingerprint density at radius 2 is 2.23 bits per heavy atom. The van der Waals surface area contributed by atoms with Crippen LogP contribution in [0.5, 0.6) is 0 Å². The molecular formula is C10H18BrNO. The third-order valence-electron chi connectivity index (χ3n) is 2.81. The maximum absolute atomic E-state index is 11.6. The topological polar surface area (TPSA) is 20.3 Å². The second-order valence-corrected chi connectivity index (χ2v) is 5.64. The highest BCUT2D eigenvalue weighted by Crippen LogP contribution is 2.26. The minimum atomic E-state index is 0.0696. The first kappa shape index (κ1) is 11.0. The van der Waals surface area contributed by atoms with Crippen LogP contribution in [-0.2, 0) is 4.79 Å². The molecule has 1 aliphatic heterocycles. The maximum Gasteiger partial charge on any atom is 0.236 e. The fourth-order valence-electron chi connectivity index (χ4n) is 1.49. The molecule has 1 heterocycles. The Kier molecular flexibility index (Phi) is 3.38. The Morgan fingerprint density at radius 1 is 1.62 bits per heavy atom. The Balaban J connectivity index is 2.51. The second-order valence-electron chi connectivity index (χ2n) is 4.53. The number of hydrogen-bond acceptors (Lipinski definition) is 1. The third kappa shape index (κ3) is 2.70. The number of alkyl halides is 1. The van der Waals surface area contributed by atoms with Crippen LogP contribution in [0.2, 0.25) is 0 Å². The van der Waals surface area contributed by atoms with Crippen LogP contribution in [0.15, 0.2) is 0 Å². The second kappa shape index (κ2) is 3.99. The highest BCUT2D eigenvalue weighted by molar-refractivity contribution is 9.10. The number of likely N-dealkylation sites (tertiary alicyclic amines) is 1. The molecule has 3 heteroatoms. The molecule has 0 aromatic heterocycles. The molecule has 1 fully saturated rings. The van der Waals surface area contributed by atoms with E-state index >= 15 is 0 Å². The lowest BCUT2D eigenvalue weighted by Gasteiger charge is -2.29. The Morgan fingerprint density at radius 3 is 2.62 bits per heavy atom. The van der Waals surface area contributed by atoms with E-state index in [1.807, 2.05) is 4.90 Å². The lowest BCUT2D eigenvalue weighted by atomic mass is 9.90. The number of rotatable bonds is 3. The summed E-state index contributed by atoms with van der Waals surface area (Å²) in [5.74, 6) is 0.265. The number of halogens is 1. The molecule has 1 saturated heterocycles. The summed E-state index contributed by atoms with van der Waals surface area (Å²) in [5, 5.41) is 0. The molecule has 0 aromatic rings. The van der Waals surface area contributed by atoms with Gasteiger partial charge in [0.05, 0.1) is 4.83 Å². The van der Waals surface area contributed by atoms with Crippen LogP contribution >= 0.6 is 15.9 Å². The fraction of sp³-hybridized carbons (Fsp3) is 0.900. The lowest BCUT2D eigenvalue weighted by Crippen LogP contribution is -2.36. The number of nitrogens with zero attached hydrogens (tertiary/aromatic N) is 1. The van der Waals surface area contributed by atoms with Crippen LogP contribution in [-0.4, -0.2) is 28.7 Å². The molecule has 76 valence electrons. The molecule has 13 heavy (non-hydrogen) atoms. The van der Waals surface area contributed by atoms with Crippen LogP contribution in [0.1, 0.15) is 33.6 Å². The molecule has 0 spiro atoms. The summed E-state index contributed by atoms with van der Waals surface area (Å²) in [6.45, 7) is 8.40. The largest absolute Gasteiger partial charge is 0.341 e. The summed E-state index contributed by atoms with van der Waals surface area (Å²) in [5.41, 5.74) is 0.257. The fourth-order valence-corrected chi connectivity index (χ4v) is 1.98. The first-order valence-electron chi connectivity index (χ1n) is 4.89. The minimum Gasteiger partial charge on any atom is -0.341 e. The van der Waals surface area contributed by atoms with Crippen LogP contribution in [0.25, 0.3) is 0 Å². The summed E-state index contributed by atoms with van der Waals surface area (Å²) in [6, 6.07) is 0. The van der Waals surface area contributed by atoms with Crippen molar-refractivity contribution >= 4 is 21.8 Å². The van der Waals surface area contributed by atoms with Crippen LogP contribution in [0.3, 0.4) is 0 Å². The highest BCUT2D eigenvalue weighted by atomic mass is 79.9. The molecule has 0 aromatic carbocycles. The minimum absolute atomic E-state index is 0.0696. The highest BCUT2D eigenvalue weighted by Gasteiger charge is 2.32. The van der Waals surface area contributed by atoms with Gasteiger partial charge in [0, 0.05) is 13.1 Å². The van der Waals surface area contributed by atoms with E-state index in [0.717, 1.165) is 25.9 Å². The molecule has 0 N–H and O–H groups in total. The van der Waals surface area contributed by atoms with Gasteiger partial charge in [0.1, 0.15) is 0 Å². The monoisotopic (exact) mass is 247 g/mol. The van der Waals surface area contributed by atoms with Crippen molar-refractivity contribution in [2.24, 2.45) is 5.41 Å².